The molecule has 0 aliphatic carbocycles. The van der Waals surface area contributed by atoms with Crippen LogP contribution in [0.1, 0.15) is 19.4 Å². The lowest BCUT2D eigenvalue weighted by atomic mass is 9.91. The van der Waals surface area contributed by atoms with Crippen molar-refractivity contribution in [3.8, 4) is 11.5 Å². The minimum absolute atomic E-state index is 0.0793. The maximum Gasteiger partial charge on any atom is 0.413 e. The molecule has 0 aromatic heterocycles. The molecule has 1 aromatic carbocycles. The van der Waals surface area contributed by atoms with Crippen molar-refractivity contribution < 1.29 is 33.4 Å². The van der Waals surface area contributed by atoms with Crippen molar-refractivity contribution in [2.24, 2.45) is 0 Å². The highest BCUT2D eigenvalue weighted by Crippen LogP contribution is 2.37. The molecule has 3 rings (SSSR count). The van der Waals surface area contributed by atoms with Crippen LogP contribution in [0.5, 0.6) is 11.5 Å². The Morgan fingerprint density at radius 1 is 1.31 bits per heavy atom. The van der Waals surface area contributed by atoms with Gasteiger partial charge in [0.25, 0.3) is 5.91 Å². The van der Waals surface area contributed by atoms with E-state index in [1.54, 1.807) is 25.1 Å². The molecule has 1 saturated heterocycles. The summed E-state index contributed by atoms with van der Waals surface area (Å²) in [7, 11) is 0. The molecule has 10 nitrogen and oxygen atoms in total. The highest BCUT2D eigenvalue weighted by Gasteiger charge is 2.50. The van der Waals surface area contributed by atoms with Crippen LogP contribution in [-0.4, -0.2) is 48.8 Å². The first-order chi connectivity index (χ1) is 12.3. The molecule has 0 unspecified atom stereocenters. The number of benzene rings is 1. The Balaban J connectivity index is 1.75. The molecule has 10 heteroatoms. The normalized spacial score (nSPS) is 20.8. The Bertz CT molecular complexity index is 794. The van der Waals surface area contributed by atoms with Crippen LogP contribution in [0.3, 0.4) is 0 Å². The molecule has 2 aliphatic rings. The zero-order valence-electron chi connectivity index (χ0n) is 14.2. The van der Waals surface area contributed by atoms with E-state index in [4.69, 9.17) is 9.47 Å². The summed E-state index contributed by atoms with van der Waals surface area (Å²) in [6, 6.07) is 4.13. The van der Waals surface area contributed by atoms with E-state index in [0.717, 1.165) is 4.90 Å². The summed E-state index contributed by atoms with van der Waals surface area (Å²) in [6.45, 7) is 2.66. The highest BCUT2D eigenvalue weighted by molar-refractivity contribution is 6.10. The predicted molar refractivity (Wildman–Crippen MR) is 85.3 cm³/mol. The summed E-state index contributed by atoms with van der Waals surface area (Å²) in [5.74, 6) is -0.452. The molecule has 0 spiro atoms. The molecular formula is C16H17N3O7. The Hall–Kier alpha value is -3.30. The smallest absolute Gasteiger partial charge is 0.413 e. The molecule has 0 saturated carbocycles. The molecule has 2 heterocycles. The number of amides is 5. The van der Waals surface area contributed by atoms with Crippen molar-refractivity contribution >= 4 is 23.9 Å². The van der Waals surface area contributed by atoms with Crippen molar-refractivity contribution in [3.05, 3.63) is 23.8 Å². The fraction of sp³-hybridized carbons (Fsp3) is 0.375. The topological polar surface area (TPSA) is 123 Å². The number of alkyl carbamates (subject to hydrolysis) is 1. The molecule has 1 atom stereocenters. The van der Waals surface area contributed by atoms with E-state index < -0.39 is 36.0 Å². The number of urea groups is 1. The van der Waals surface area contributed by atoms with E-state index in [2.05, 4.69) is 10.1 Å². The first kappa shape index (κ1) is 17.5. The van der Waals surface area contributed by atoms with Gasteiger partial charge in [0.15, 0.2) is 11.5 Å². The van der Waals surface area contributed by atoms with E-state index in [1.165, 1.54) is 6.92 Å². The lowest BCUT2D eigenvalue weighted by Crippen LogP contribution is -2.44. The molecule has 0 radical (unpaired) electrons. The molecular weight excluding hydrogens is 346 g/mol. The third kappa shape index (κ3) is 3.01. The van der Waals surface area contributed by atoms with Crippen molar-refractivity contribution in [2.75, 3.05) is 19.9 Å². The molecule has 26 heavy (non-hydrogen) atoms. The number of rotatable bonds is 4. The van der Waals surface area contributed by atoms with Crippen LogP contribution < -0.4 is 20.1 Å². The van der Waals surface area contributed by atoms with E-state index in [-0.39, 0.29) is 13.4 Å². The third-order valence-corrected chi connectivity index (χ3v) is 4.04. The van der Waals surface area contributed by atoms with Crippen molar-refractivity contribution in [1.29, 1.82) is 0 Å². The lowest BCUT2D eigenvalue weighted by molar-refractivity contribution is -0.134. The van der Waals surface area contributed by atoms with Crippen molar-refractivity contribution in [2.45, 2.75) is 19.4 Å². The highest BCUT2D eigenvalue weighted by atomic mass is 16.7. The maximum absolute atomic E-state index is 12.8. The van der Waals surface area contributed by atoms with Crippen LogP contribution in [-0.2, 0) is 19.9 Å². The van der Waals surface area contributed by atoms with Crippen LogP contribution in [0.25, 0.3) is 0 Å². The predicted octanol–water partition coefficient (Wildman–Crippen LogP) is 0.455. The summed E-state index contributed by atoms with van der Waals surface area (Å²) < 4.78 is 15.1. The molecule has 1 aromatic rings. The van der Waals surface area contributed by atoms with Crippen LogP contribution in [0.4, 0.5) is 9.59 Å². The minimum atomic E-state index is -1.37. The Morgan fingerprint density at radius 3 is 2.77 bits per heavy atom. The minimum Gasteiger partial charge on any atom is -0.454 e. The summed E-state index contributed by atoms with van der Waals surface area (Å²) in [6.07, 6.45) is -0.942. The second-order valence-corrected chi connectivity index (χ2v) is 5.78. The average Bonchev–Trinajstić information content (AvgIpc) is 3.13. The Morgan fingerprint density at radius 2 is 2.04 bits per heavy atom. The van der Waals surface area contributed by atoms with Crippen molar-refractivity contribution in [3.63, 3.8) is 0 Å². The monoisotopic (exact) mass is 363 g/mol. The number of carbonyl (C=O) groups excluding carboxylic acids is 4. The largest absolute Gasteiger partial charge is 0.454 e. The fourth-order valence-corrected chi connectivity index (χ4v) is 2.71. The summed E-state index contributed by atoms with van der Waals surface area (Å²) in [5, 5.41) is 4.51. The van der Waals surface area contributed by atoms with Crippen LogP contribution in [0.15, 0.2) is 18.2 Å². The molecule has 5 amide bonds. The summed E-state index contributed by atoms with van der Waals surface area (Å²) >= 11 is 0. The van der Waals surface area contributed by atoms with Crippen LogP contribution in [0, 0.1) is 0 Å². The van der Waals surface area contributed by atoms with Gasteiger partial charge in [-0.15, -0.1) is 0 Å². The maximum atomic E-state index is 12.8. The van der Waals surface area contributed by atoms with Gasteiger partial charge in [0.2, 0.25) is 12.7 Å². The summed E-state index contributed by atoms with van der Waals surface area (Å²) in [4.78, 5) is 48.8. The van der Waals surface area contributed by atoms with Gasteiger partial charge in [0.05, 0.1) is 6.61 Å². The van der Waals surface area contributed by atoms with Gasteiger partial charge in [-0.25, -0.2) is 9.59 Å². The van der Waals surface area contributed by atoms with Crippen molar-refractivity contribution in [1.82, 2.24) is 15.5 Å². The SMILES string of the molecule is CCOC(=O)NC(=O)CN1C(=O)N[C@@](C)(c2ccc3c(c2)OCO3)C1=O. The Labute approximate surface area is 148 Å². The number of hydrogen-bond donors (Lipinski definition) is 2. The Kier molecular flexibility index (Phi) is 4.41. The van der Waals surface area contributed by atoms with Gasteiger partial charge >= 0.3 is 12.1 Å². The number of ether oxygens (including phenoxy) is 3. The second-order valence-electron chi connectivity index (χ2n) is 5.78. The second kappa shape index (κ2) is 6.54. The average molecular weight is 363 g/mol. The number of nitrogens with one attached hydrogen (secondary N) is 2. The summed E-state index contributed by atoms with van der Waals surface area (Å²) in [5.41, 5.74) is -0.893. The van der Waals surface area contributed by atoms with E-state index in [0.29, 0.717) is 17.1 Å². The number of hydrogen-bond acceptors (Lipinski definition) is 7. The van der Waals surface area contributed by atoms with Crippen LogP contribution >= 0.6 is 0 Å². The molecule has 0 bridgehead atoms. The molecule has 1 fully saturated rings. The first-order valence-electron chi connectivity index (χ1n) is 7.86. The van der Waals surface area contributed by atoms with Crippen LogP contribution in [0.2, 0.25) is 0 Å². The van der Waals surface area contributed by atoms with Gasteiger partial charge < -0.3 is 19.5 Å². The van der Waals surface area contributed by atoms with E-state index >= 15 is 0 Å². The fourth-order valence-electron chi connectivity index (χ4n) is 2.71. The van der Waals surface area contributed by atoms with Gasteiger partial charge in [-0.1, -0.05) is 6.07 Å². The number of fused-ring (bicyclic) bond motifs is 1. The van der Waals surface area contributed by atoms with Gasteiger partial charge in [0, 0.05) is 0 Å². The lowest BCUT2D eigenvalue weighted by Gasteiger charge is -2.22. The van der Waals surface area contributed by atoms with Gasteiger partial charge in [-0.3, -0.25) is 19.8 Å². The standard InChI is InChI=1S/C16H17N3O7/c1-3-24-15(23)17-12(20)7-19-13(21)16(2,18-14(19)22)9-4-5-10-11(6-9)26-8-25-10/h4-6H,3,7-8H2,1-2H3,(H,18,22)(H,17,20,23)/t16-/m0/s1. The zero-order valence-corrected chi connectivity index (χ0v) is 14.2. The van der Waals surface area contributed by atoms with Gasteiger partial charge in [0.1, 0.15) is 12.1 Å². The third-order valence-electron chi connectivity index (χ3n) is 4.04. The van der Waals surface area contributed by atoms with E-state index in [1.807, 2.05) is 5.32 Å². The number of nitrogens with zero attached hydrogens (tertiary/aromatic N) is 1. The first-order valence-corrected chi connectivity index (χ1v) is 7.86. The van der Waals surface area contributed by atoms with Gasteiger partial charge in [-0.2, -0.15) is 0 Å². The molecule has 2 aliphatic heterocycles. The number of imide groups is 2. The molecule has 2 N–H and O–H groups in total. The number of carbonyl (C=O) groups is 4. The van der Waals surface area contributed by atoms with E-state index in [9.17, 15) is 19.2 Å². The molecule has 138 valence electrons. The zero-order chi connectivity index (χ0) is 18.9. The quantitative estimate of drug-likeness (QED) is 0.745. The van der Waals surface area contributed by atoms with Gasteiger partial charge in [-0.05, 0) is 31.5 Å².